The number of aryl methyl sites for hydroxylation is 1. The molecule has 4 heteroatoms. The fraction of sp³-hybridized carbons (Fsp3) is 0.176. The van der Waals surface area contributed by atoms with Crippen LogP contribution in [-0.4, -0.2) is 17.2 Å². The highest BCUT2D eigenvalue weighted by atomic mass is 16.4. The van der Waals surface area contributed by atoms with E-state index in [1.54, 1.807) is 0 Å². The number of hydrogen-bond acceptors (Lipinski definition) is 4. The van der Waals surface area contributed by atoms with Crippen LogP contribution in [0.4, 0.5) is 0 Å². The van der Waals surface area contributed by atoms with Crippen molar-refractivity contribution in [2.24, 2.45) is 0 Å². The average Bonchev–Trinajstić information content (AvgIpc) is 2.99. The van der Waals surface area contributed by atoms with Gasteiger partial charge in [-0.15, -0.1) is 10.2 Å². The van der Waals surface area contributed by atoms with E-state index < -0.39 is 0 Å². The topological polar surface area (TPSA) is 51.0 Å². The summed E-state index contributed by atoms with van der Waals surface area (Å²) in [7, 11) is 1.88. The molecule has 106 valence electrons. The molecule has 0 aliphatic rings. The first-order valence-corrected chi connectivity index (χ1v) is 6.91. The van der Waals surface area contributed by atoms with Gasteiger partial charge < -0.3 is 9.73 Å². The zero-order chi connectivity index (χ0) is 14.7. The van der Waals surface area contributed by atoms with Crippen LogP contribution in [0.2, 0.25) is 0 Å². The summed E-state index contributed by atoms with van der Waals surface area (Å²) in [6.45, 7) is 2.03. The van der Waals surface area contributed by atoms with E-state index in [-0.39, 0.29) is 6.04 Å². The molecule has 1 N–H and O–H groups in total. The molecule has 0 aliphatic heterocycles. The quantitative estimate of drug-likeness (QED) is 0.795. The van der Waals surface area contributed by atoms with Crippen LogP contribution in [0.1, 0.15) is 23.1 Å². The second-order valence-electron chi connectivity index (χ2n) is 4.89. The van der Waals surface area contributed by atoms with Crippen LogP contribution in [0, 0.1) is 6.92 Å². The van der Waals surface area contributed by atoms with E-state index in [4.69, 9.17) is 4.42 Å². The number of nitrogens with one attached hydrogen (secondary N) is 1. The van der Waals surface area contributed by atoms with Crippen LogP contribution in [0.25, 0.3) is 11.5 Å². The maximum Gasteiger partial charge on any atom is 0.248 e. The molecule has 2 aromatic carbocycles. The third-order valence-corrected chi connectivity index (χ3v) is 3.48. The first kappa shape index (κ1) is 13.5. The Kier molecular flexibility index (Phi) is 3.79. The number of rotatable bonds is 4. The predicted octanol–water partition coefficient (Wildman–Crippen LogP) is 3.35. The first-order valence-electron chi connectivity index (χ1n) is 6.91. The molecule has 1 aromatic heterocycles. The minimum absolute atomic E-state index is 0.100. The van der Waals surface area contributed by atoms with Crippen LogP contribution >= 0.6 is 0 Å². The van der Waals surface area contributed by atoms with Crippen molar-refractivity contribution in [2.75, 3.05) is 7.05 Å². The van der Waals surface area contributed by atoms with Crippen molar-refractivity contribution in [1.82, 2.24) is 15.5 Å². The fourth-order valence-corrected chi connectivity index (χ4v) is 2.35. The van der Waals surface area contributed by atoms with Gasteiger partial charge in [0.25, 0.3) is 0 Å². The molecular formula is C17H17N3O. The van der Waals surface area contributed by atoms with Crippen LogP contribution in [0.3, 0.4) is 0 Å². The van der Waals surface area contributed by atoms with Gasteiger partial charge in [0, 0.05) is 5.56 Å². The van der Waals surface area contributed by atoms with Crippen molar-refractivity contribution in [3.05, 3.63) is 71.6 Å². The van der Waals surface area contributed by atoms with Crippen LogP contribution in [0.15, 0.2) is 59.0 Å². The van der Waals surface area contributed by atoms with Gasteiger partial charge in [-0.3, -0.25) is 0 Å². The summed E-state index contributed by atoms with van der Waals surface area (Å²) in [5.41, 5.74) is 3.19. The van der Waals surface area contributed by atoms with Gasteiger partial charge in [-0.2, -0.15) is 0 Å². The highest BCUT2D eigenvalue weighted by Gasteiger charge is 2.19. The van der Waals surface area contributed by atoms with Crippen LogP contribution in [0.5, 0.6) is 0 Å². The lowest BCUT2D eigenvalue weighted by Gasteiger charge is -2.11. The number of aromatic nitrogens is 2. The van der Waals surface area contributed by atoms with E-state index in [2.05, 4.69) is 15.5 Å². The highest BCUT2D eigenvalue weighted by molar-refractivity contribution is 5.57. The molecule has 0 fully saturated rings. The van der Waals surface area contributed by atoms with Gasteiger partial charge in [-0.25, -0.2) is 0 Å². The van der Waals surface area contributed by atoms with E-state index >= 15 is 0 Å². The van der Waals surface area contributed by atoms with Crippen molar-refractivity contribution < 1.29 is 4.42 Å². The van der Waals surface area contributed by atoms with Crippen LogP contribution in [-0.2, 0) is 0 Å². The predicted molar refractivity (Wildman–Crippen MR) is 81.8 cm³/mol. The lowest BCUT2D eigenvalue weighted by molar-refractivity contribution is 0.456. The molecule has 0 aliphatic carbocycles. The molecule has 1 atom stereocenters. The standard InChI is InChI=1S/C17H17N3O/c1-12-8-6-7-11-14(12)16-19-20-17(21-16)15(18-2)13-9-4-3-5-10-13/h3-11,15,18H,1-2H3. The molecule has 4 nitrogen and oxygen atoms in total. The van der Waals surface area contributed by atoms with Gasteiger partial charge in [-0.1, -0.05) is 48.5 Å². The third kappa shape index (κ3) is 2.71. The minimum Gasteiger partial charge on any atom is -0.419 e. The molecule has 3 aromatic rings. The molecular weight excluding hydrogens is 262 g/mol. The minimum atomic E-state index is -0.100. The van der Waals surface area contributed by atoms with E-state index in [0.717, 1.165) is 16.7 Å². The second-order valence-corrected chi connectivity index (χ2v) is 4.89. The molecule has 1 unspecified atom stereocenters. The zero-order valence-corrected chi connectivity index (χ0v) is 12.1. The summed E-state index contributed by atoms with van der Waals surface area (Å²) in [5, 5.41) is 11.6. The SMILES string of the molecule is CNC(c1ccccc1)c1nnc(-c2ccccc2C)o1. The number of benzene rings is 2. The van der Waals surface area contributed by atoms with Crippen molar-refractivity contribution in [3.63, 3.8) is 0 Å². The summed E-state index contributed by atoms with van der Waals surface area (Å²) in [6.07, 6.45) is 0. The van der Waals surface area contributed by atoms with Gasteiger partial charge >= 0.3 is 0 Å². The second kappa shape index (κ2) is 5.89. The summed E-state index contributed by atoms with van der Waals surface area (Å²) in [4.78, 5) is 0. The van der Waals surface area contributed by atoms with Gasteiger partial charge in [0.2, 0.25) is 11.8 Å². The molecule has 0 spiro atoms. The molecule has 3 rings (SSSR count). The Bertz CT molecular complexity index is 722. The molecule has 1 heterocycles. The molecule has 0 saturated carbocycles. The summed E-state index contributed by atoms with van der Waals surface area (Å²) in [5.74, 6) is 1.13. The van der Waals surface area contributed by atoms with Crippen LogP contribution < -0.4 is 5.32 Å². The Labute approximate surface area is 123 Å². The lowest BCUT2D eigenvalue weighted by Crippen LogP contribution is -2.17. The maximum absolute atomic E-state index is 5.87. The fourth-order valence-electron chi connectivity index (χ4n) is 2.35. The largest absolute Gasteiger partial charge is 0.419 e. The van der Waals surface area contributed by atoms with Gasteiger partial charge in [-0.05, 0) is 31.2 Å². The molecule has 21 heavy (non-hydrogen) atoms. The summed E-state index contributed by atoms with van der Waals surface area (Å²) >= 11 is 0. The van der Waals surface area contributed by atoms with E-state index in [1.807, 2.05) is 68.6 Å². The Hall–Kier alpha value is -2.46. The molecule has 0 amide bonds. The Morgan fingerprint density at radius 3 is 2.38 bits per heavy atom. The first-order chi connectivity index (χ1) is 10.3. The van der Waals surface area contributed by atoms with Gasteiger partial charge in [0.1, 0.15) is 6.04 Å². The van der Waals surface area contributed by atoms with Crippen molar-refractivity contribution in [1.29, 1.82) is 0 Å². The highest BCUT2D eigenvalue weighted by Crippen LogP contribution is 2.26. The molecule has 0 saturated heterocycles. The summed E-state index contributed by atoms with van der Waals surface area (Å²) in [6, 6.07) is 18.0. The van der Waals surface area contributed by atoms with Gasteiger partial charge in [0.05, 0.1) is 0 Å². The number of hydrogen-bond donors (Lipinski definition) is 1. The van der Waals surface area contributed by atoms with Crippen molar-refractivity contribution in [2.45, 2.75) is 13.0 Å². The number of nitrogens with zero attached hydrogens (tertiary/aromatic N) is 2. The Morgan fingerprint density at radius 2 is 1.67 bits per heavy atom. The lowest BCUT2D eigenvalue weighted by atomic mass is 10.1. The average molecular weight is 279 g/mol. The molecule has 0 bridgehead atoms. The molecule has 0 radical (unpaired) electrons. The zero-order valence-electron chi connectivity index (χ0n) is 12.1. The summed E-state index contributed by atoms with van der Waals surface area (Å²) < 4.78 is 5.87. The monoisotopic (exact) mass is 279 g/mol. The van der Waals surface area contributed by atoms with Crippen molar-refractivity contribution >= 4 is 0 Å². The van der Waals surface area contributed by atoms with E-state index in [0.29, 0.717) is 11.8 Å². The van der Waals surface area contributed by atoms with E-state index in [1.165, 1.54) is 0 Å². The Balaban J connectivity index is 1.96. The maximum atomic E-state index is 5.87. The normalized spacial score (nSPS) is 12.3. The van der Waals surface area contributed by atoms with E-state index in [9.17, 15) is 0 Å². The smallest absolute Gasteiger partial charge is 0.248 e. The van der Waals surface area contributed by atoms with Crippen molar-refractivity contribution in [3.8, 4) is 11.5 Å². The van der Waals surface area contributed by atoms with Gasteiger partial charge in [0.15, 0.2) is 0 Å². The third-order valence-electron chi connectivity index (χ3n) is 3.48. The Morgan fingerprint density at radius 1 is 0.952 bits per heavy atom.